The van der Waals surface area contributed by atoms with Crippen molar-refractivity contribution in [2.24, 2.45) is 0 Å². The van der Waals surface area contributed by atoms with Crippen molar-refractivity contribution in [3.8, 4) is 0 Å². The maximum absolute atomic E-state index is 9.44. The van der Waals surface area contributed by atoms with Crippen LogP contribution in [0.3, 0.4) is 0 Å². The van der Waals surface area contributed by atoms with E-state index in [0.717, 1.165) is 9.73 Å². The smallest absolute Gasteiger partial charge is 0.183 e. The number of aliphatic hydroxyl groups excluding tert-OH is 1. The third-order valence-corrected chi connectivity index (χ3v) is 2.95. The molecule has 13 heavy (non-hydrogen) atoms. The Morgan fingerprint density at radius 3 is 2.92 bits per heavy atom. The number of anilines is 1. The van der Waals surface area contributed by atoms with Gasteiger partial charge in [-0.3, -0.25) is 0 Å². The second-order valence-corrected chi connectivity index (χ2v) is 4.65. The van der Waals surface area contributed by atoms with Crippen LogP contribution in [-0.2, 0) is 0 Å². The monoisotopic (exact) mass is 266 g/mol. The number of nitrogens with one attached hydrogen (secondary N) is 1. The zero-order valence-electron chi connectivity index (χ0n) is 7.12. The van der Waals surface area contributed by atoms with E-state index < -0.39 is 5.60 Å². The van der Waals surface area contributed by atoms with Gasteiger partial charge in [0.25, 0.3) is 0 Å². The molecular formula is C7H11BrN2O2S. The predicted molar refractivity (Wildman–Crippen MR) is 56.0 cm³/mol. The zero-order chi connectivity index (χ0) is 9.90. The van der Waals surface area contributed by atoms with E-state index in [-0.39, 0.29) is 13.2 Å². The van der Waals surface area contributed by atoms with Crippen LogP contribution in [0.5, 0.6) is 0 Å². The van der Waals surface area contributed by atoms with E-state index in [0.29, 0.717) is 0 Å². The van der Waals surface area contributed by atoms with Crippen LogP contribution >= 0.6 is 27.3 Å². The second-order valence-electron chi connectivity index (χ2n) is 2.98. The van der Waals surface area contributed by atoms with Crippen molar-refractivity contribution in [3.63, 3.8) is 0 Å². The van der Waals surface area contributed by atoms with Gasteiger partial charge in [-0.1, -0.05) is 0 Å². The first kappa shape index (κ1) is 10.9. The molecule has 0 amide bonds. The van der Waals surface area contributed by atoms with Gasteiger partial charge in [-0.25, -0.2) is 4.98 Å². The molecule has 3 N–H and O–H groups in total. The molecule has 1 heterocycles. The molecule has 1 rings (SSSR count). The average molecular weight is 267 g/mol. The summed E-state index contributed by atoms with van der Waals surface area (Å²) < 4.78 is 0.767. The standard InChI is InChI=1S/C7H11BrN2O2S/c1-7(12,4-11)3-9-6-10-5(8)2-13-6/h2,11-12H,3-4H2,1H3,(H,9,10). The fraction of sp³-hybridized carbons (Fsp3) is 0.571. The highest BCUT2D eigenvalue weighted by Gasteiger charge is 2.18. The van der Waals surface area contributed by atoms with E-state index in [9.17, 15) is 5.11 Å². The third kappa shape index (κ3) is 3.60. The predicted octanol–water partition coefficient (Wildman–Crippen LogP) is 1.06. The Kier molecular flexibility index (Phi) is 3.66. The SMILES string of the molecule is CC(O)(CO)CNc1nc(Br)cs1. The largest absolute Gasteiger partial charge is 0.393 e. The summed E-state index contributed by atoms with van der Waals surface area (Å²) in [4.78, 5) is 4.08. The van der Waals surface area contributed by atoms with Crippen molar-refractivity contribution < 1.29 is 10.2 Å². The minimum atomic E-state index is -1.10. The first-order valence-electron chi connectivity index (χ1n) is 3.72. The molecule has 0 aliphatic rings. The molecule has 0 radical (unpaired) electrons. The zero-order valence-corrected chi connectivity index (χ0v) is 9.52. The van der Waals surface area contributed by atoms with E-state index in [1.807, 2.05) is 5.38 Å². The molecule has 0 spiro atoms. The molecule has 74 valence electrons. The molecule has 1 atom stereocenters. The molecule has 1 unspecified atom stereocenters. The lowest BCUT2D eigenvalue weighted by molar-refractivity contribution is 0.0132. The highest BCUT2D eigenvalue weighted by Crippen LogP contribution is 2.19. The average Bonchev–Trinajstić information content (AvgIpc) is 2.48. The van der Waals surface area contributed by atoms with Crippen LogP contribution in [0.4, 0.5) is 5.13 Å². The maximum atomic E-state index is 9.44. The van der Waals surface area contributed by atoms with E-state index in [4.69, 9.17) is 5.11 Å². The minimum absolute atomic E-state index is 0.271. The van der Waals surface area contributed by atoms with Crippen molar-refractivity contribution in [3.05, 3.63) is 9.98 Å². The Hall–Kier alpha value is -0.170. The van der Waals surface area contributed by atoms with Gasteiger partial charge < -0.3 is 15.5 Å². The summed E-state index contributed by atoms with van der Waals surface area (Å²) in [5, 5.41) is 23.7. The van der Waals surface area contributed by atoms with Gasteiger partial charge >= 0.3 is 0 Å². The Labute approximate surface area is 88.8 Å². The first-order chi connectivity index (χ1) is 6.03. The molecular weight excluding hydrogens is 256 g/mol. The molecule has 0 saturated heterocycles. The minimum Gasteiger partial charge on any atom is -0.393 e. The third-order valence-electron chi connectivity index (χ3n) is 1.44. The van der Waals surface area contributed by atoms with Crippen molar-refractivity contribution in [1.29, 1.82) is 0 Å². The Morgan fingerprint density at radius 2 is 2.46 bits per heavy atom. The molecule has 0 bridgehead atoms. The van der Waals surface area contributed by atoms with Gasteiger partial charge in [0.05, 0.1) is 6.61 Å². The fourth-order valence-electron chi connectivity index (χ4n) is 0.657. The Bertz CT molecular complexity index is 277. The molecule has 1 aromatic heterocycles. The summed E-state index contributed by atoms with van der Waals surface area (Å²) in [6, 6.07) is 0. The van der Waals surface area contributed by atoms with Crippen molar-refractivity contribution in [2.75, 3.05) is 18.5 Å². The van der Waals surface area contributed by atoms with Crippen LogP contribution in [0.25, 0.3) is 0 Å². The van der Waals surface area contributed by atoms with Crippen LogP contribution in [0.2, 0.25) is 0 Å². The number of nitrogens with zero attached hydrogens (tertiary/aromatic N) is 1. The number of hydrogen-bond donors (Lipinski definition) is 3. The molecule has 0 aliphatic heterocycles. The number of rotatable bonds is 4. The summed E-state index contributed by atoms with van der Waals surface area (Å²) in [5.74, 6) is 0. The van der Waals surface area contributed by atoms with Gasteiger partial charge in [0.2, 0.25) is 0 Å². The highest BCUT2D eigenvalue weighted by molar-refractivity contribution is 9.10. The Balaban J connectivity index is 2.43. The second kappa shape index (κ2) is 4.36. The molecule has 0 saturated carbocycles. The van der Waals surface area contributed by atoms with E-state index in [2.05, 4.69) is 26.2 Å². The summed E-state index contributed by atoms with van der Waals surface area (Å²) in [5.41, 5.74) is -1.10. The fourth-order valence-corrected chi connectivity index (χ4v) is 1.80. The number of aliphatic hydroxyl groups is 2. The van der Waals surface area contributed by atoms with Gasteiger partial charge in [0, 0.05) is 11.9 Å². The number of hydrogen-bond acceptors (Lipinski definition) is 5. The lowest BCUT2D eigenvalue weighted by atomic mass is 10.1. The van der Waals surface area contributed by atoms with E-state index in [1.54, 1.807) is 6.92 Å². The maximum Gasteiger partial charge on any atom is 0.183 e. The van der Waals surface area contributed by atoms with Crippen LogP contribution < -0.4 is 5.32 Å². The van der Waals surface area contributed by atoms with Crippen molar-refractivity contribution in [2.45, 2.75) is 12.5 Å². The quantitative estimate of drug-likeness (QED) is 0.763. The van der Waals surface area contributed by atoms with E-state index in [1.165, 1.54) is 11.3 Å². The van der Waals surface area contributed by atoms with Crippen molar-refractivity contribution in [1.82, 2.24) is 4.98 Å². The van der Waals surface area contributed by atoms with Gasteiger partial charge in [-0.05, 0) is 22.9 Å². The van der Waals surface area contributed by atoms with Gasteiger partial charge in [-0.2, -0.15) is 0 Å². The molecule has 0 aromatic carbocycles. The Morgan fingerprint density at radius 1 is 1.77 bits per heavy atom. The summed E-state index contributed by atoms with van der Waals surface area (Å²) in [6.45, 7) is 1.57. The molecule has 6 heteroatoms. The van der Waals surface area contributed by atoms with Crippen LogP contribution in [0, 0.1) is 0 Å². The first-order valence-corrected chi connectivity index (χ1v) is 5.39. The number of thiazole rings is 1. The summed E-state index contributed by atoms with van der Waals surface area (Å²) in [7, 11) is 0. The van der Waals surface area contributed by atoms with Crippen molar-refractivity contribution >= 4 is 32.4 Å². The molecule has 0 aliphatic carbocycles. The molecule has 1 aromatic rings. The topological polar surface area (TPSA) is 65.4 Å². The highest BCUT2D eigenvalue weighted by atomic mass is 79.9. The van der Waals surface area contributed by atoms with Gasteiger partial charge in [-0.15, -0.1) is 11.3 Å². The summed E-state index contributed by atoms with van der Waals surface area (Å²) >= 11 is 4.66. The van der Waals surface area contributed by atoms with E-state index >= 15 is 0 Å². The number of aromatic nitrogens is 1. The lowest BCUT2D eigenvalue weighted by Gasteiger charge is -2.19. The molecule has 4 nitrogen and oxygen atoms in total. The normalized spacial score (nSPS) is 15.4. The van der Waals surface area contributed by atoms with Gasteiger partial charge in [0.1, 0.15) is 10.2 Å². The van der Waals surface area contributed by atoms with Crippen LogP contribution in [-0.4, -0.2) is 33.9 Å². The summed E-state index contributed by atoms with van der Waals surface area (Å²) in [6.07, 6.45) is 0. The van der Waals surface area contributed by atoms with Crippen LogP contribution in [0.1, 0.15) is 6.92 Å². The molecule has 0 fully saturated rings. The number of halogens is 1. The van der Waals surface area contributed by atoms with Crippen LogP contribution in [0.15, 0.2) is 9.98 Å². The lowest BCUT2D eigenvalue weighted by Crippen LogP contribution is -2.37. The van der Waals surface area contributed by atoms with Gasteiger partial charge in [0.15, 0.2) is 5.13 Å².